The summed E-state index contributed by atoms with van der Waals surface area (Å²) in [4.78, 5) is 9.78. The first kappa shape index (κ1) is 24.1. The lowest BCUT2D eigenvalue weighted by molar-refractivity contribution is 0.477. The minimum Gasteiger partial charge on any atom is -0.507 e. The van der Waals surface area contributed by atoms with Crippen LogP contribution < -0.4 is 0 Å². The van der Waals surface area contributed by atoms with Crippen LogP contribution in [-0.4, -0.2) is 15.1 Å². The molecule has 2 heterocycles. The van der Waals surface area contributed by atoms with Gasteiger partial charge in [-0.1, -0.05) is 75.4 Å². The van der Waals surface area contributed by atoms with E-state index in [4.69, 9.17) is 9.97 Å². The molecular formula is C34H28N2OS. The molecule has 0 aliphatic carbocycles. The molecule has 3 nitrogen and oxygen atoms in total. The SMILES string of the molecule is CC(C)(C)c1ccnc(-c2cc(-c3ccccc3)cc(-c3cccc4sc(-c5ccccc5O)nc34)c2)c1. The number of aromatic hydroxyl groups is 1. The highest BCUT2D eigenvalue weighted by Crippen LogP contribution is 2.40. The van der Waals surface area contributed by atoms with Crippen molar-refractivity contribution in [3.8, 4) is 49.8 Å². The zero-order chi connectivity index (χ0) is 26.3. The molecule has 1 N–H and O–H groups in total. The van der Waals surface area contributed by atoms with Crippen LogP contribution in [0, 0.1) is 0 Å². The van der Waals surface area contributed by atoms with Crippen molar-refractivity contribution in [2.45, 2.75) is 26.2 Å². The Balaban J connectivity index is 1.56. The Morgan fingerprint density at radius 2 is 1.37 bits per heavy atom. The van der Waals surface area contributed by atoms with Crippen LogP contribution in [0.25, 0.3) is 54.3 Å². The van der Waals surface area contributed by atoms with Crippen LogP contribution in [0.2, 0.25) is 0 Å². The third-order valence-electron chi connectivity index (χ3n) is 6.83. The molecule has 6 rings (SSSR count). The summed E-state index contributed by atoms with van der Waals surface area (Å²) in [5, 5.41) is 11.2. The number of para-hydroxylation sites is 2. The van der Waals surface area contributed by atoms with Gasteiger partial charge in [0.1, 0.15) is 10.8 Å². The fourth-order valence-electron chi connectivity index (χ4n) is 4.73. The molecule has 0 aliphatic rings. The highest BCUT2D eigenvalue weighted by molar-refractivity contribution is 7.21. The molecule has 4 heteroatoms. The summed E-state index contributed by atoms with van der Waals surface area (Å²) < 4.78 is 1.08. The van der Waals surface area contributed by atoms with Crippen LogP contribution >= 0.6 is 11.3 Å². The summed E-state index contributed by atoms with van der Waals surface area (Å²) in [5.74, 6) is 0.242. The van der Waals surface area contributed by atoms with Crippen LogP contribution in [-0.2, 0) is 5.41 Å². The Bertz CT molecular complexity index is 1760. The van der Waals surface area contributed by atoms with Gasteiger partial charge in [0.05, 0.1) is 21.5 Å². The topological polar surface area (TPSA) is 46.0 Å². The second kappa shape index (κ2) is 9.55. The van der Waals surface area contributed by atoms with Gasteiger partial charge in [-0.15, -0.1) is 11.3 Å². The molecule has 0 aliphatic heterocycles. The van der Waals surface area contributed by atoms with Gasteiger partial charge in [0, 0.05) is 17.3 Å². The standard InChI is InChI=1S/C34H28N2OS/c1-34(2,3)26-16-17-35-29(21-26)25-19-23(22-10-5-4-6-11-22)18-24(20-25)27-13-9-15-31-32(27)36-33(38-31)28-12-7-8-14-30(28)37/h4-21,37H,1-3H3. The number of phenols is 1. The first-order chi connectivity index (χ1) is 18.4. The molecule has 0 unspecified atom stereocenters. The Morgan fingerprint density at radius 3 is 2.16 bits per heavy atom. The fourth-order valence-corrected chi connectivity index (χ4v) is 5.76. The zero-order valence-electron chi connectivity index (χ0n) is 21.6. The quantitative estimate of drug-likeness (QED) is 0.256. The number of fused-ring (bicyclic) bond motifs is 1. The average Bonchev–Trinajstić information content (AvgIpc) is 3.37. The van der Waals surface area contributed by atoms with Crippen molar-refractivity contribution in [2.24, 2.45) is 0 Å². The summed E-state index contributed by atoms with van der Waals surface area (Å²) in [6.45, 7) is 6.68. The first-order valence-electron chi connectivity index (χ1n) is 12.7. The van der Waals surface area contributed by atoms with Crippen molar-refractivity contribution in [3.63, 3.8) is 0 Å². The Kier molecular flexibility index (Phi) is 6.05. The molecule has 0 radical (unpaired) electrons. The number of benzene rings is 4. The van der Waals surface area contributed by atoms with Crippen LogP contribution in [0.4, 0.5) is 0 Å². The normalized spacial score (nSPS) is 11.7. The smallest absolute Gasteiger partial charge is 0.128 e. The first-order valence-corrected chi connectivity index (χ1v) is 13.5. The summed E-state index contributed by atoms with van der Waals surface area (Å²) >= 11 is 1.60. The summed E-state index contributed by atoms with van der Waals surface area (Å²) in [6.07, 6.45) is 1.91. The van der Waals surface area contributed by atoms with Crippen molar-refractivity contribution in [1.29, 1.82) is 0 Å². The van der Waals surface area contributed by atoms with Crippen molar-refractivity contribution in [1.82, 2.24) is 9.97 Å². The zero-order valence-corrected chi connectivity index (χ0v) is 22.5. The van der Waals surface area contributed by atoms with Gasteiger partial charge in [-0.3, -0.25) is 4.98 Å². The predicted octanol–water partition coefficient (Wildman–Crippen LogP) is 9.36. The number of pyridine rings is 1. The average molecular weight is 513 g/mol. The van der Waals surface area contributed by atoms with Crippen LogP contribution in [0.3, 0.4) is 0 Å². The molecule has 186 valence electrons. The molecule has 0 saturated carbocycles. The fraction of sp³-hybridized carbons (Fsp3) is 0.118. The maximum atomic E-state index is 10.4. The summed E-state index contributed by atoms with van der Waals surface area (Å²) in [6, 6.07) is 35.1. The highest BCUT2D eigenvalue weighted by atomic mass is 32.1. The van der Waals surface area contributed by atoms with Gasteiger partial charge in [-0.25, -0.2) is 4.98 Å². The lowest BCUT2D eigenvalue weighted by Gasteiger charge is -2.19. The van der Waals surface area contributed by atoms with E-state index in [-0.39, 0.29) is 11.2 Å². The predicted molar refractivity (Wildman–Crippen MR) is 160 cm³/mol. The van der Waals surface area contributed by atoms with Gasteiger partial charge in [-0.2, -0.15) is 0 Å². The Labute approximate surface area is 227 Å². The van der Waals surface area contributed by atoms with Crippen LogP contribution in [0.1, 0.15) is 26.3 Å². The largest absolute Gasteiger partial charge is 0.507 e. The van der Waals surface area contributed by atoms with E-state index in [1.54, 1.807) is 17.4 Å². The number of hydrogen-bond acceptors (Lipinski definition) is 4. The second-order valence-corrected chi connectivity index (χ2v) is 11.6. The van der Waals surface area contributed by atoms with Crippen LogP contribution in [0.5, 0.6) is 5.75 Å². The minimum absolute atomic E-state index is 0.0309. The van der Waals surface area contributed by atoms with E-state index in [9.17, 15) is 5.11 Å². The van der Waals surface area contributed by atoms with E-state index >= 15 is 0 Å². The van der Waals surface area contributed by atoms with Gasteiger partial charge < -0.3 is 5.11 Å². The van der Waals surface area contributed by atoms with Gasteiger partial charge in [0.25, 0.3) is 0 Å². The minimum atomic E-state index is 0.0309. The Morgan fingerprint density at radius 1 is 0.658 bits per heavy atom. The molecule has 4 aromatic carbocycles. The monoisotopic (exact) mass is 512 g/mol. The van der Waals surface area contributed by atoms with E-state index < -0.39 is 0 Å². The van der Waals surface area contributed by atoms with Crippen LogP contribution in [0.15, 0.2) is 109 Å². The second-order valence-electron chi connectivity index (χ2n) is 10.5. The molecule has 0 spiro atoms. The van der Waals surface area contributed by atoms with Gasteiger partial charge >= 0.3 is 0 Å². The third-order valence-corrected chi connectivity index (χ3v) is 7.88. The number of thiazole rings is 1. The van der Waals surface area contributed by atoms with E-state index in [1.165, 1.54) is 5.56 Å². The van der Waals surface area contributed by atoms with Crippen molar-refractivity contribution >= 4 is 21.6 Å². The summed E-state index contributed by atoms with van der Waals surface area (Å²) in [5.41, 5.74) is 9.43. The molecule has 38 heavy (non-hydrogen) atoms. The van der Waals surface area contributed by atoms with E-state index in [0.717, 1.165) is 54.3 Å². The molecular weight excluding hydrogens is 484 g/mol. The Hall–Kier alpha value is -4.28. The van der Waals surface area contributed by atoms with Gasteiger partial charge in [0.15, 0.2) is 0 Å². The molecule has 0 atom stereocenters. The number of rotatable bonds is 4. The molecule has 6 aromatic rings. The molecule has 0 bridgehead atoms. The van der Waals surface area contributed by atoms with E-state index in [0.29, 0.717) is 0 Å². The highest BCUT2D eigenvalue weighted by Gasteiger charge is 2.17. The number of aromatic nitrogens is 2. The maximum absolute atomic E-state index is 10.4. The molecule has 0 saturated heterocycles. The maximum Gasteiger partial charge on any atom is 0.128 e. The van der Waals surface area contributed by atoms with Crippen molar-refractivity contribution in [2.75, 3.05) is 0 Å². The van der Waals surface area contributed by atoms with E-state index in [2.05, 4.69) is 93.6 Å². The van der Waals surface area contributed by atoms with Gasteiger partial charge in [0.2, 0.25) is 0 Å². The summed E-state index contributed by atoms with van der Waals surface area (Å²) in [7, 11) is 0. The molecule has 2 aromatic heterocycles. The van der Waals surface area contributed by atoms with Crippen molar-refractivity contribution < 1.29 is 5.11 Å². The number of hydrogen-bond donors (Lipinski definition) is 1. The van der Waals surface area contributed by atoms with Crippen molar-refractivity contribution in [3.05, 3.63) is 115 Å². The third kappa shape index (κ3) is 4.59. The molecule has 0 amide bonds. The molecule has 0 fully saturated rings. The number of nitrogens with zero attached hydrogens (tertiary/aromatic N) is 2. The lowest BCUT2D eigenvalue weighted by atomic mass is 9.86. The van der Waals surface area contributed by atoms with E-state index in [1.807, 2.05) is 30.5 Å². The lowest BCUT2D eigenvalue weighted by Crippen LogP contribution is -2.11. The number of phenolic OH excluding ortho intramolecular Hbond substituents is 1. The van der Waals surface area contributed by atoms with Gasteiger partial charge in [-0.05, 0) is 76.2 Å².